The number of hydrogen-bond donors (Lipinski definition) is 0. The van der Waals surface area contributed by atoms with E-state index in [-0.39, 0.29) is 5.91 Å². The molecule has 17 heavy (non-hydrogen) atoms. The molecule has 0 saturated carbocycles. The van der Waals surface area contributed by atoms with Gasteiger partial charge in [-0.2, -0.15) is 0 Å². The number of carbonyl (C=O) groups excluding carboxylic acids is 1. The van der Waals surface area contributed by atoms with Crippen LogP contribution in [0.2, 0.25) is 5.02 Å². The van der Waals surface area contributed by atoms with E-state index in [4.69, 9.17) is 23.2 Å². The molecule has 1 amide bonds. The highest BCUT2D eigenvalue weighted by atomic mass is 35.5. The maximum Gasteiger partial charge on any atom is 0.265 e. The highest BCUT2D eigenvalue weighted by Crippen LogP contribution is 2.28. The van der Waals surface area contributed by atoms with Gasteiger partial charge in [-0.1, -0.05) is 18.0 Å². The number of alkyl halides is 1. The summed E-state index contributed by atoms with van der Waals surface area (Å²) in [6.07, 6.45) is 3.04. The van der Waals surface area contributed by atoms with Crippen molar-refractivity contribution in [3.63, 3.8) is 0 Å². The van der Waals surface area contributed by atoms with Gasteiger partial charge in [-0.05, 0) is 30.7 Å². The molecule has 0 N–H and O–H groups in total. The molecule has 1 aromatic heterocycles. The number of thiophene rings is 1. The van der Waals surface area contributed by atoms with Gasteiger partial charge in [0.15, 0.2) is 0 Å². The first-order chi connectivity index (χ1) is 8.07. The minimum absolute atomic E-state index is 0.0129. The second kappa shape index (κ2) is 7.24. The molecule has 1 rings (SSSR count). The number of aryl methyl sites for hydroxylation is 1. The molecule has 2 nitrogen and oxygen atoms in total. The summed E-state index contributed by atoms with van der Waals surface area (Å²) in [4.78, 5) is 14.4. The lowest BCUT2D eigenvalue weighted by Crippen LogP contribution is -2.27. The van der Waals surface area contributed by atoms with Gasteiger partial charge in [-0.3, -0.25) is 4.79 Å². The molecular formula is C12H17Cl2NOS. The normalized spacial score (nSPS) is 10.6. The van der Waals surface area contributed by atoms with Gasteiger partial charge in [0.05, 0.1) is 5.02 Å². The van der Waals surface area contributed by atoms with Gasteiger partial charge in [0, 0.05) is 19.5 Å². The average molecular weight is 294 g/mol. The zero-order chi connectivity index (χ0) is 12.8. The first-order valence-electron chi connectivity index (χ1n) is 5.63. The molecule has 96 valence electrons. The predicted molar refractivity (Wildman–Crippen MR) is 75.6 cm³/mol. The molecule has 0 unspecified atom stereocenters. The summed E-state index contributed by atoms with van der Waals surface area (Å²) in [5.41, 5.74) is 0.968. The lowest BCUT2D eigenvalue weighted by atomic mass is 10.2. The summed E-state index contributed by atoms with van der Waals surface area (Å²) in [6.45, 7) is 2.67. The van der Waals surface area contributed by atoms with Crippen LogP contribution in [0.3, 0.4) is 0 Å². The van der Waals surface area contributed by atoms with Crippen molar-refractivity contribution in [2.45, 2.75) is 26.2 Å². The summed E-state index contributed by atoms with van der Waals surface area (Å²) < 4.78 is 0. The number of rotatable bonds is 6. The number of unbranched alkanes of at least 4 members (excludes halogenated alkanes) is 2. The minimum atomic E-state index is 0.0129. The van der Waals surface area contributed by atoms with E-state index in [1.165, 1.54) is 11.3 Å². The monoisotopic (exact) mass is 293 g/mol. The van der Waals surface area contributed by atoms with Gasteiger partial charge in [0.1, 0.15) is 4.88 Å². The topological polar surface area (TPSA) is 20.3 Å². The van der Waals surface area contributed by atoms with Crippen LogP contribution in [0.25, 0.3) is 0 Å². The van der Waals surface area contributed by atoms with E-state index in [1.54, 1.807) is 4.90 Å². The van der Waals surface area contributed by atoms with Gasteiger partial charge < -0.3 is 4.90 Å². The molecule has 1 heterocycles. The molecule has 0 saturated heterocycles. The summed E-state index contributed by atoms with van der Waals surface area (Å²) in [7, 11) is 1.81. The molecule has 0 aliphatic heterocycles. The Morgan fingerprint density at radius 1 is 1.41 bits per heavy atom. The van der Waals surface area contributed by atoms with Crippen molar-refractivity contribution in [3.8, 4) is 0 Å². The number of carbonyl (C=O) groups is 1. The summed E-state index contributed by atoms with van der Waals surface area (Å²) >= 11 is 13.1. The standard InChI is InChI=1S/C12H17Cl2NOS/c1-9-8-17-11(10(9)14)12(16)15(2)7-5-3-4-6-13/h8H,3-7H2,1-2H3. The molecule has 0 spiro atoms. The molecule has 0 bridgehead atoms. The Balaban J connectivity index is 2.49. The smallest absolute Gasteiger partial charge is 0.265 e. The maximum absolute atomic E-state index is 12.1. The molecule has 1 aromatic rings. The average Bonchev–Trinajstić information content (AvgIpc) is 2.64. The lowest BCUT2D eigenvalue weighted by molar-refractivity contribution is 0.0797. The van der Waals surface area contributed by atoms with E-state index in [9.17, 15) is 4.79 Å². The van der Waals surface area contributed by atoms with Crippen LogP contribution in [0.1, 0.15) is 34.5 Å². The van der Waals surface area contributed by atoms with E-state index in [2.05, 4.69) is 0 Å². The molecule has 0 aromatic carbocycles. The van der Waals surface area contributed by atoms with Crippen LogP contribution >= 0.6 is 34.5 Å². The van der Waals surface area contributed by atoms with Crippen LogP contribution in [0.15, 0.2) is 5.38 Å². The van der Waals surface area contributed by atoms with Gasteiger partial charge in [0.2, 0.25) is 0 Å². The van der Waals surface area contributed by atoms with Crippen LogP contribution in [-0.2, 0) is 0 Å². The molecule has 0 atom stereocenters. The Morgan fingerprint density at radius 3 is 2.65 bits per heavy atom. The Kier molecular flexibility index (Phi) is 6.31. The largest absolute Gasteiger partial charge is 0.341 e. The fourth-order valence-electron chi connectivity index (χ4n) is 1.47. The summed E-state index contributed by atoms with van der Waals surface area (Å²) in [5, 5.41) is 2.50. The first-order valence-corrected chi connectivity index (χ1v) is 7.42. The molecule has 5 heteroatoms. The third-order valence-electron chi connectivity index (χ3n) is 2.57. The third-order valence-corrected chi connectivity index (χ3v) is 4.52. The van der Waals surface area contributed by atoms with Crippen molar-refractivity contribution in [1.82, 2.24) is 4.90 Å². The van der Waals surface area contributed by atoms with Gasteiger partial charge in [-0.25, -0.2) is 0 Å². The Morgan fingerprint density at radius 2 is 2.12 bits per heavy atom. The number of halogens is 2. The van der Waals surface area contributed by atoms with Crippen LogP contribution in [0.5, 0.6) is 0 Å². The van der Waals surface area contributed by atoms with E-state index in [0.717, 1.165) is 31.4 Å². The van der Waals surface area contributed by atoms with E-state index in [0.29, 0.717) is 15.8 Å². The fraction of sp³-hybridized carbons (Fsp3) is 0.583. The van der Waals surface area contributed by atoms with Crippen molar-refractivity contribution < 1.29 is 4.79 Å². The van der Waals surface area contributed by atoms with Crippen LogP contribution < -0.4 is 0 Å². The summed E-state index contributed by atoms with van der Waals surface area (Å²) in [6, 6.07) is 0. The zero-order valence-electron chi connectivity index (χ0n) is 10.1. The van der Waals surface area contributed by atoms with Crippen LogP contribution in [-0.4, -0.2) is 30.3 Å². The third kappa shape index (κ3) is 4.16. The zero-order valence-corrected chi connectivity index (χ0v) is 12.5. The quantitative estimate of drug-likeness (QED) is 0.569. The first kappa shape index (κ1) is 14.8. The Labute approximate surface area is 117 Å². The highest BCUT2D eigenvalue weighted by Gasteiger charge is 2.17. The van der Waals surface area contributed by atoms with Gasteiger partial charge >= 0.3 is 0 Å². The molecular weight excluding hydrogens is 277 g/mol. The van der Waals surface area contributed by atoms with Crippen molar-refractivity contribution in [2.75, 3.05) is 19.5 Å². The van der Waals surface area contributed by atoms with Crippen molar-refractivity contribution in [1.29, 1.82) is 0 Å². The Hall–Kier alpha value is -0.250. The second-order valence-corrected chi connectivity index (χ2v) is 5.67. The molecule has 0 aliphatic carbocycles. The van der Waals surface area contributed by atoms with Crippen LogP contribution in [0, 0.1) is 6.92 Å². The van der Waals surface area contributed by atoms with Gasteiger partial charge in [0.25, 0.3) is 5.91 Å². The van der Waals surface area contributed by atoms with Crippen molar-refractivity contribution >= 4 is 40.4 Å². The van der Waals surface area contributed by atoms with E-state index < -0.39 is 0 Å². The van der Waals surface area contributed by atoms with Gasteiger partial charge in [-0.15, -0.1) is 22.9 Å². The molecule has 0 aliphatic rings. The number of amides is 1. The minimum Gasteiger partial charge on any atom is -0.341 e. The fourth-order valence-corrected chi connectivity index (χ4v) is 2.93. The molecule has 0 radical (unpaired) electrons. The predicted octanol–water partition coefficient (Wildman–Crippen LogP) is 4.19. The molecule has 0 fully saturated rings. The van der Waals surface area contributed by atoms with E-state index in [1.807, 2.05) is 19.4 Å². The Bertz CT molecular complexity index is 379. The number of hydrogen-bond acceptors (Lipinski definition) is 2. The lowest BCUT2D eigenvalue weighted by Gasteiger charge is -2.16. The van der Waals surface area contributed by atoms with Crippen molar-refractivity contribution in [2.24, 2.45) is 0 Å². The number of nitrogens with zero attached hydrogens (tertiary/aromatic N) is 1. The van der Waals surface area contributed by atoms with Crippen molar-refractivity contribution in [3.05, 3.63) is 20.8 Å². The maximum atomic E-state index is 12.1. The van der Waals surface area contributed by atoms with Crippen LogP contribution in [0.4, 0.5) is 0 Å². The second-order valence-electron chi connectivity index (χ2n) is 4.04. The van der Waals surface area contributed by atoms with E-state index >= 15 is 0 Å². The SMILES string of the molecule is Cc1csc(C(=O)N(C)CCCCCCl)c1Cl. The summed E-state index contributed by atoms with van der Waals surface area (Å²) in [5.74, 6) is 0.701. The highest BCUT2D eigenvalue weighted by molar-refractivity contribution is 7.13.